The van der Waals surface area contributed by atoms with Gasteiger partial charge in [0.05, 0.1) is 0 Å². The van der Waals surface area contributed by atoms with Gasteiger partial charge in [-0.05, 0) is 44.4 Å². The summed E-state index contributed by atoms with van der Waals surface area (Å²) in [6, 6.07) is 0. The molecule has 0 aliphatic heterocycles. The number of allylic oxidation sites excluding steroid dienone is 2. The average Bonchev–Trinajstić information content (AvgIpc) is 2.49. The van der Waals surface area contributed by atoms with E-state index in [1.165, 1.54) is 77.2 Å². The summed E-state index contributed by atoms with van der Waals surface area (Å²) in [6.45, 7) is 8.17. The van der Waals surface area contributed by atoms with Gasteiger partial charge >= 0.3 is 0 Å². The Bertz CT molecular complexity index is 276. The van der Waals surface area contributed by atoms with Crippen LogP contribution in [0.3, 0.4) is 0 Å². The zero-order valence-corrected chi connectivity index (χ0v) is 15.2. The SMILES string of the molecule is C/C=C(/C(CCC)CCCCC)N(C)CC1CCCCC1. The van der Waals surface area contributed by atoms with Crippen LogP contribution in [0, 0.1) is 11.8 Å². The Hall–Kier alpha value is -0.460. The fourth-order valence-electron chi connectivity index (χ4n) is 4.06. The quantitative estimate of drug-likeness (QED) is 0.421. The Balaban J connectivity index is 2.54. The van der Waals surface area contributed by atoms with Crippen LogP contribution in [-0.4, -0.2) is 18.5 Å². The molecule has 0 N–H and O–H groups in total. The van der Waals surface area contributed by atoms with Crippen molar-refractivity contribution in [3.8, 4) is 0 Å². The summed E-state index contributed by atoms with van der Waals surface area (Å²) < 4.78 is 0. The van der Waals surface area contributed by atoms with E-state index in [9.17, 15) is 0 Å². The molecule has 0 saturated heterocycles. The lowest BCUT2D eigenvalue weighted by Crippen LogP contribution is -2.30. The summed E-state index contributed by atoms with van der Waals surface area (Å²) in [5, 5.41) is 0. The maximum Gasteiger partial charge on any atom is 0.0200 e. The molecule has 1 saturated carbocycles. The molecule has 0 radical (unpaired) electrons. The van der Waals surface area contributed by atoms with Crippen LogP contribution in [-0.2, 0) is 0 Å². The van der Waals surface area contributed by atoms with E-state index < -0.39 is 0 Å². The second-order valence-electron chi connectivity index (χ2n) is 7.08. The molecule has 0 aromatic rings. The molecule has 0 heterocycles. The Morgan fingerprint density at radius 2 is 1.76 bits per heavy atom. The van der Waals surface area contributed by atoms with Crippen molar-refractivity contribution in [3.05, 3.63) is 11.8 Å². The lowest BCUT2D eigenvalue weighted by molar-refractivity contribution is 0.243. The molecule has 1 aliphatic rings. The van der Waals surface area contributed by atoms with Crippen LogP contribution in [0.5, 0.6) is 0 Å². The van der Waals surface area contributed by atoms with Gasteiger partial charge < -0.3 is 4.90 Å². The van der Waals surface area contributed by atoms with E-state index in [1.807, 2.05) is 0 Å². The molecular weight excluding hydrogens is 254 g/mol. The van der Waals surface area contributed by atoms with Crippen LogP contribution in [0.2, 0.25) is 0 Å². The molecule has 1 nitrogen and oxygen atoms in total. The first kappa shape index (κ1) is 18.6. The van der Waals surface area contributed by atoms with E-state index >= 15 is 0 Å². The van der Waals surface area contributed by atoms with Gasteiger partial charge in [0.25, 0.3) is 0 Å². The third-order valence-corrected chi connectivity index (χ3v) is 5.20. The molecule has 1 fully saturated rings. The van der Waals surface area contributed by atoms with Crippen LogP contribution in [0.25, 0.3) is 0 Å². The van der Waals surface area contributed by atoms with Crippen molar-refractivity contribution < 1.29 is 0 Å². The molecule has 0 aromatic carbocycles. The normalized spacial score (nSPS) is 18.8. The average molecular weight is 294 g/mol. The largest absolute Gasteiger partial charge is 0.378 e. The second-order valence-corrected chi connectivity index (χ2v) is 7.08. The number of nitrogens with zero attached hydrogens (tertiary/aromatic N) is 1. The molecule has 1 rings (SSSR count). The van der Waals surface area contributed by atoms with Crippen LogP contribution in [0.1, 0.15) is 91.4 Å². The van der Waals surface area contributed by atoms with Crippen LogP contribution < -0.4 is 0 Å². The molecule has 124 valence electrons. The fraction of sp³-hybridized carbons (Fsp3) is 0.900. The van der Waals surface area contributed by atoms with E-state index in [0.717, 1.165) is 11.8 Å². The van der Waals surface area contributed by atoms with Crippen molar-refractivity contribution in [1.29, 1.82) is 0 Å². The minimum absolute atomic E-state index is 0.792. The summed E-state index contributed by atoms with van der Waals surface area (Å²) in [4.78, 5) is 2.60. The van der Waals surface area contributed by atoms with Crippen molar-refractivity contribution in [2.45, 2.75) is 91.4 Å². The molecule has 1 atom stereocenters. The van der Waals surface area contributed by atoms with E-state index in [2.05, 4.69) is 38.8 Å². The van der Waals surface area contributed by atoms with Gasteiger partial charge in [0, 0.05) is 19.3 Å². The molecule has 1 aliphatic carbocycles. The van der Waals surface area contributed by atoms with E-state index in [4.69, 9.17) is 0 Å². The third-order valence-electron chi connectivity index (χ3n) is 5.20. The van der Waals surface area contributed by atoms with Gasteiger partial charge in [-0.2, -0.15) is 0 Å². The maximum atomic E-state index is 2.60. The summed E-state index contributed by atoms with van der Waals surface area (Å²) in [5.41, 5.74) is 1.62. The highest BCUT2D eigenvalue weighted by atomic mass is 15.1. The Labute approximate surface area is 134 Å². The van der Waals surface area contributed by atoms with E-state index in [-0.39, 0.29) is 0 Å². The summed E-state index contributed by atoms with van der Waals surface area (Å²) in [6.07, 6.45) is 17.9. The highest BCUT2D eigenvalue weighted by Crippen LogP contribution is 2.29. The molecular formula is C20H39N. The molecule has 0 amide bonds. The first-order chi connectivity index (χ1) is 10.2. The van der Waals surface area contributed by atoms with Gasteiger partial charge in [-0.3, -0.25) is 0 Å². The molecule has 1 unspecified atom stereocenters. The first-order valence-corrected chi connectivity index (χ1v) is 9.60. The molecule has 0 aromatic heterocycles. The third kappa shape index (κ3) is 6.89. The van der Waals surface area contributed by atoms with Gasteiger partial charge in [0.1, 0.15) is 0 Å². The minimum atomic E-state index is 0.792. The van der Waals surface area contributed by atoms with Gasteiger partial charge in [-0.1, -0.05) is 64.9 Å². The second kappa shape index (κ2) is 11.2. The predicted octanol–water partition coefficient (Wildman–Crippen LogP) is 6.40. The summed E-state index contributed by atoms with van der Waals surface area (Å²) >= 11 is 0. The van der Waals surface area contributed by atoms with Crippen molar-refractivity contribution in [3.63, 3.8) is 0 Å². The van der Waals surface area contributed by atoms with Crippen molar-refractivity contribution in [2.75, 3.05) is 13.6 Å². The van der Waals surface area contributed by atoms with Crippen molar-refractivity contribution in [2.24, 2.45) is 11.8 Å². The number of hydrogen-bond donors (Lipinski definition) is 0. The van der Waals surface area contributed by atoms with Gasteiger partial charge in [0.2, 0.25) is 0 Å². The Morgan fingerprint density at radius 3 is 2.33 bits per heavy atom. The number of rotatable bonds is 10. The smallest absolute Gasteiger partial charge is 0.0200 e. The lowest BCUT2D eigenvalue weighted by Gasteiger charge is -2.33. The summed E-state index contributed by atoms with van der Waals surface area (Å²) in [7, 11) is 2.34. The minimum Gasteiger partial charge on any atom is -0.378 e. The predicted molar refractivity (Wildman–Crippen MR) is 95.5 cm³/mol. The fourth-order valence-corrected chi connectivity index (χ4v) is 4.06. The molecule has 0 spiro atoms. The Kier molecular flexibility index (Phi) is 9.87. The number of unbranched alkanes of at least 4 members (excludes halogenated alkanes) is 2. The first-order valence-electron chi connectivity index (χ1n) is 9.60. The van der Waals surface area contributed by atoms with Gasteiger partial charge in [0.15, 0.2) is 0 Å². The molecule has 1 heteroatoms. The van der Waals surface area contributed by atoms with Crippen LogP contribution in [0.15, 0.2) is 11.8 Å². The zero-order valence-electron chi connectivity index (χ0n) is 15.2. The Morgan fingerprint density at radius 1 is 1.05 bits per heavy atom. The molecule has 0 bridgehead atoms. The van der Waals surface area contributed by atoms with Gasteiger partial charge in [-0.25, -0.2) is 0 Å². The standard InChI is InChI=1S/C20H39N/c1-5-8-10-16-19(13-6-2)20(7-3)21(4)17-18-14-11-9-12-15-18/h7,18-19H,5-6,8-17H2,1-4H3/b20-7-. The maximum absolute atomic E-state index is 2.60. The lowest BCUT2D eigenvalue weighted by atomic mass is 9.87. The van der Waals surface area contributed by atoms with Crippen molar-refractivity contribution in [1.82, 2.24) is 4.90 Å². The van der Waals surface area contributed by atoms with Crippen molar-refractivity contribution >= 4 is 0 Å². The highest BCUT2D eigenvalue weighted by molar-refractivity contribution is 5.04. The topological polar surface area (TPSA) is 3.24 Å². The zero-order chi connectivity index (χ0) is 15.5. The number of hydrogen-bond acceptors (Lipinski definition) is 1. The van der Waals surface area contributed by atoms with Gasteiger partial charge in [-0.15, -0.1) is 0 Å². The monoisotopic (exact) mass is 293 g/mol. The molecule has 21 heavy (non-hydrogen) atoms. The van der Waals surface area contributed by atoms with E-state index in [1.54, 1.807) is 5.70 Å². The van der Waals surface area contributed by atoms with Crippen LogP contribution in [0.4, 0.5) is 0 Å². The summed E-state index contributed by atoms with van der Waals surface area (Å²) in [5.74, 6) is 1.73. The van der Waals surface area contributed by atoms with Crippen LogP contribution >= 0.6 is 0 Å². The van der Waals surface area contributed by atoms with E-state index in [0.29, 0.717) is 0 Å². The highest BCUT2D eigenvalue weighted by Gasteiger charge is 2.20.